The van der Waals surface area contributed by atoms with E-state index in [1.807, 2.05) is 4.72 Å². The van der Waals surface area contributed by atoms with Gasteiger partial charge >= 0.3 is 0 Å². The Morgan fingerprint density at radius 3 is 2.43 bits per heavy atom. The van der Waals surface area contributed by atoms with Crippen LogP contribution in [0.15, 0.2) is 29.2 Å². The standard InChI is InChI=1S/C13H20F2N2O3S/c1-2-7-16-8-9-20-11-3-5-12(6-4-11)21(18,19)17-10-13(14)15/h3-6,13,16-17H,2,7-10H2,1H3. The van der Waals surface area contributed by atoms with E-state index in [-0.39, 0.29) is 4.90 Å². The second-order valence-corrected chi connectivity index (χ2v) is 6.08. The molecule has 0 saturated heterocycles. The van der Waals surface area contributed by atoms with Crippen molar-refractivity contribution in [1.29, 1.82) is 0 Å². The van der Waals surface area contributed by atoms with Crippen molar-refractivity contribution in [1.82, 2.24) is 10.0 Å². The van der Waals surface area contributed by atoms with Gasteiger partial charge in [-0.15, -0.1) is 0 Å². The molecule has 21 heavy (non-hydrogen) atoms. The molecule has 1 aromatic rings. The molecular formula is C13H20F2N2O3S. The average molecular weight is 322 g/mol. The summed E-state index contributed by atoms with van der Waals surface area (Å²) in [5.74, 6) is 0.529. The molecule has 120 valence electrons. The normalized spacial score (nSPS) is 11.8. The summed E-state index contributed by atoms with van der Waals surface area (Å²) >= 11 is 0. The van der Waals surface area contributed by atoms with Crippen molar-refractivity contribution in [2.24, 2.45) is 0 Å². The molecule has 0 fully saturated rings. The minimum Gasteiger partial charge on any atom is -0.492 e. The third-order valence-corrected chi connectivity index (χ3v) is 3.98. The van der Waals surface area contributed by atoms with Gasteiger partial charge < -0.3 is 10.1 Å². The van der Waals surface area contributed by atoms with Crippen molar-refractivity contribution in [3.63, 3.8) is 0 Å². The summed E-state index contributed by atoms with van der Waals surface area (Å²) in [6.45, 7) is 3.24. The zero-order valence-electron chi connectivity index (χ0n) is 11.8. The Morgan fingerprint density at radius 2 is 1.86 bits per heavy atom. The molecule has 0 aliphatic heterocycles. The largest absolute Gasteiger partial charge is 0.492 e. The molecule has 5 nitrogen and oxygen atoms in total. The van der Waals surface area contributed by atoms with Crippen LogP contribution in [0.5, 0.6) is 5.75 Å². The van der Waals surface area contributed by atoms with E-state index in [0.29, 0.717) is 18.9 Å². The van der Waals surface area contributed by atoms with E-state index in [0.717, 1.165) is 13.0 Å². The van der Waals surface area contributed by atoms with E-state index >= 15 is 0 Å². The van der Waals surface area contributed by atoms with E-state index in [9.17, 15) is 17.2 Å². The van der Waals surface area contributed by atoms with Gasteiger partial charge in [-0.05, 0) is 37.2 Å². The van der Waals surface area contributed by atoms with E-state index in [2.05, 4.69) is 12.2 Å². The molecule has 0 radical (unpaired) electrons. The number of sulfonamides is 1. The molecule has 0 saturated carbocycles. The summed E-state index contributed by atoms with van der Waals surface area (Å²) in [5.41, 5.74) is 0. The maximum absolute atomic E-state index is 12.0. The fraction of sp³-hybridized carbons (Fsp3) is 0.538. The van der Waals surface area contributed by atoms with Crippen LogP contribution in [0.3, 0.4) is 0 Å². The minimum atomic E-state index is -3.90. The van der Waals surface area contributed by atoms with Crippen LogP contribution in [0.2, 0.25) is 0 Å². The predicted octanol–water partition coefficient (Wildman–Crippen LogP) is 1.61. The van der Waals surface area contributed by atoms with Crippen LogP contribution >= 0.6 is 0 Å². The molecule has 0 aliphatic rings. The third kappa shape index (κ3) is 6.83. The predicted molar refractivity (Wildman–Crippen MR) is 76.3 cm³/mol. The Bertz CT molecular complexity index is 507. The highest BCUT2D eigenvalue weighted by Crippen LogP contribution is 2.15. The lowest BCUT2D eigenvalue weighted by molar-refractivity contribution is 0.153. The van der Waals surface area contributed by atoms with Gasteiger partial charge in [0.2, 0.25) is 10.0 Å². The van der Waals surface area contributed by atoms with Gasteiger partial charge in [0, 0.05) is 6.54 Å². The summed E-state index contributed by atoms with van der Waals surface area (Å²) in [6.07, 6.45) is -1.68. The van der Waals surface area contributed by atoms with E-state index in [1.54, 1.807) is 0 Å². The van der Waals surface area contributed by atoms with Crippen LogP contribution in [0.25, 0.3) is 0 Å². The first-order chi connectivity index (χ1) is 9.95. The molecule has 0 amide bonds. The van der Waals surface area contributed by atoms with Crippen molar-refractivity contribution < 1.29 is 21.9 Å². The van der Waals surface area contributed by atoms with E-state index in [1.165, 1.54) is 24.3 Å². The highest BCUT2D eigenvalue weighted by atomic mass is 32.2. The maximum Gasteiger partial charge on any atom is 0.251 e. The molecule has 2 N–H and O–H groups in total. The molecule has 8 heteroatoms. The van der Waals surface area contributed by atoms with Gasteiger partial charge in [-0.3, -0.25) is 0 Å². The number of halogens is 2. The highest BCUT2D eigenvalue weighted by Gasteiger charge is 2.15. The summed E-state index contributed by atoms with van der Waals surface area (Å²) in [4.78, 5) is -0.0698. The van der Waals surface area contributed by atoms with Gasteiger partial charge in [0.05, 0.1) is 11.4 Å². The zero-order chi connectivity index (χ0) is 15.7. The molecular weight excluding hydrogens is 302 g/mol. The van der Waals surface area contributed by atoms with Crippen molar-refractivity contribution in [3.05, 3.63) is 24.3 Å². The number of ether oxygens (including phenoxy) is 1. The number of nitrogens with one attached hydrogen (secondary N) is 2. The molecule has 0 aromatic heterocycles. The molecule has 0 bridgehead atoms. The molecule has 0 heterocycles. The van der Waals surface area contributed by atoms with Crippen LogP contribution in [0.4, 0.5) is 8.78 Å². The number of hydrogen-bond acceptors (Lipinski definition) is 4. The minimum absolute atomic E-state index is 0.0698. The highest BCUT2D eigenvalue weighted by molar-refractivity contribution is 7.89. The number of alkyl halides is 2. The van der Waals surface area contributed by atoms with E-state index < -0.39 is 23.0 Å². The van der Waals surface area contributed by atoms with Gasteiger partial charge in [0.25, 0.3) is 6.43 Å². The van der Waals surface area contributed by atoms with Gasteiger partial charge in [-0.2, -0.15) is 0 Å². The van der Waals surface area contributed by atoms with Gasteiger partial charge in [-0.25, -0.2) is 21.9 Å². The van der Waals surface area contributed by atoms with Crippen LogP contribution < -0.4 is 14.8 Å². The average Bonchev–Trinajstić information content (AvgIpc) is 2.46. The van der Waals surface area contributed by atoms with E-state index in [4.69, 9.17) is 4.74 Å². The third-order valence-electron chi connectivity index (χ3n) is 2.54. The van der Waals surface area contributed by atoms with Crippen molar-refractivity contribution in [2.75, 3.05) is 26.2 Å². The Labute approximate surface area is 123 Å². The first-order valence-electron chi connectivity index (χ1n) is 6.67. The van der Waals surface area contributed by atoms with Gasteiger partial charge in [0.15, 0.2) is 0 Å². The zero-order valence-corrected chi connectivity index (χ0v) is 12.6. The quantitative estimate of drug-likeness (QED) is 0.642. The maximum atomic E-state index is 12.0. The van der Waals surface area contributed by atoms with Crippen molar-refractivity contribution >= 4 is 10.0 Å². The van der Waals surface area contributed by atoms with Crippen LogP contribution in [0, 0.1) is 0 Å². The van der Waals surface area contributed by atoms with Crippen molar-refractivity contribution in [3.8, 4) is 5.75 Å². The van der Waals surface area contributed by atoms with Crippen molar-refractivity contribution in [2.45, 2.75) is 24.7 Å². The Kier molecular flexibility index (Phi) is 7.55. The number of benzene rings is 1. The SMILES string of the molecule is CCCNCCOc1ccc(S(=O)(=O)NCC(F)F)cc1. The molecule has 1 aromatic carbocycles. The first kappa shape index (κ1) is 17.8. The van der Waals surface area contributed by atoms with Crippen LogP contribution in [-0.2, 0) is 10.0 Å². The molecule has 0 aliphatic carbocycles. The topological polar surface area (TPSA) is 67.4 Å². The lowest BCUT2D eigenvalue weighted by Gasteiger charge is -2.09. The lowest BCUT2D eigenvalue weighted by atomic mass is 10.3. The fourth-order valence-electron chi connectivity index (χ4n) is 1.51. The molecule has 1 rings (SSSR count). The Morgan fingerprint density at radius 1 is 1.19 bits per heavy atom. The number of rotatable bonds is 10. The Hall–Kier alpha value is -1.25. The Balaban J connectivity index is 2.49. The van der Waals surface area contributed by atoms with Gasteiger partial charge in [-0.1, -0.05) is 6.92 Å². The first-order valence-corrected chi connectivity index (χ1v) is 8.15. The summed E-state index contributed by atoms with van der Waals surface area (Å²) in [5, 5.41) is 3.17. The molecule has 0 unspecified atom stereocenters. The second-order valence-electron chi connectivity index (χ2n) is 4.31. The smallest absolute Gasteiger partial charge is 0.251 e. The van der Waals surface area contributed by atoms with Crippen LogP contribution in [0.1, 0.15) is 13.3 Å². The second kappa shape index (κ2) is 8.91. The summed E-state index contributed by atoms with van der Waals surface area (Å²) in [6, 6.07) is 5.64. The number of hydrogen-bond donors (Lipinski definition) is 2. The van der Waals surface area contributed by atoms with Crippen LogP contribution in [-0.4, -0.2) is 41.1 Å². The summed E-state index contributed by atoms with van der Waals surface area (Å²) < 4.78 is 54.7. The lowest BCUT2D eigenvalue weighted by Crippen LogP contribution is -2.28. The monoisotopic (exact) mass is 322 g/mol. The van der Waals surface area contributed by atoms with Gasteiger partial charge in [0.1, 0.15) is 12.4 Å². The molecule has 0 atom stereocenters. The molecule has 0 spiro atoms. The fourth-order valence-corrected chi connectivity index (χ4v) is 2.52. The summed E-state index contributed by atoms with van der Waals surface area (Å²) in [7, 11) is -3.90.